The third-order valence-corrected chi connectivity index (χ3v) is 5.18. The Morgan fingerprint density at radius 2 is 1.83 bits per heavy atom. The van der Waals surface area contributed by atoms with Crippen LogP contribution < -0.4 is 9.47 Å². The number of nitrogens with zero attached hydrogens (tertiary/aromatic N) is 3. The third kappa shape index (κ3) is 4.29. The Bertz CT molecular complexity index is 1200. The zero-order valence-corrected chi connectivity index (χ0v) is 16.9. The number of carbonyl (C=O) groups is 1. The lowest BCUT2D eigenvalue weighted by Crippen LogP contribution is -2.29. The van der Waals surface area contributed by atoms with E-state index in [-0.39, 0.29) is 5.82 Å². The first-order valence-electron chi connectivity index (χ1n) is 9.27. The van der Waals surface area contributed by atoms with E-state index in [1.807, 2.05) is 47.8 Å². The molecule has 6 nitrogen and oxygen atoms in total. The van der Waals surface area contributed by atoms with Crippen molar-refractivity contribution in [3.63, 3.8) is 0 Å². The van der Waals surface area contributed by atoms with E-state index >= 15 is 0 Å². The number of hydrogen-bond donors (Lipinski definition) is 0. The van der Waals surface area contributed by atoms with E-state index in [1.165, 1.54) is 11.3 Å². The number of ketones is 1. The molecule has 4 rings (SSSR count). The quantitative estimate of drug-likeness (QED) is 0.416. The van der Waals surface area contributed by atoms with Crippen molar-refractivity contribution in [1.29, 1.82) is 5.26 Å². The molecule has 0 aliphatic heterocycles. The number of thiophene rings is 1. The van der Waals surface area contributed by atoms with Crippen LogP contribution in [-0.2, 0) is 4.79 Å². The van der Waals surface area contributed by atoms with Gasteiger partial charge in [0.05, 0.1) is 11.6 Å². The number of para-hydroxylation sites is 1. The van der Waals surface area contributed by atoms with Crippen molar-refractivity contribution in [3.8, 4) is 22.6 Å². The number of hydrogen-bond acceptors (Lipinski definition) is 7. The standard InChI is InChI=1S/C23H17N3O3S/c1-15(28-17-8-10-18(11-9-17)29-21-7-4-12-30-21)22(27)19(13-24)23-25-14-16-5-2-3-6-20(16)26-23/h2-12,14-15,19H,1H3. The highest BCUT2D eigenvalue weighted by atomic mass is 32.1. The van der Waals surface area contributed by atoms with Crippen LogP contribution in [0.4, 0.5) is 0 Å². The summed E-state index contributed by atoms with van der Waals surface area (Å²) in [5, 5.41) is 13.1. The monoisotopic (exact) mass is 415 g/mol. The van der Waals surface area contributed by atoms with Crippen molar-refractivity contribution in [2.24, 2.45) is 0 Å². The molecule has 0 amide bonds. The normalized spacial score (nSPS) is 12.7. The van der Waals surface area contributed by atoms with Gasteiger partial charge in [0.15, 0.2) is 28.7 Å². The Morgan fingerprint density at radius 1 is 1.07 bits per heavy atom. The number of rotatable bonds is 7. The van der Waals surface area contributed by atoms with Crippen molar-refractivity contribution < 1.29 is 14.3 Å². The minimum absolute atomic E-state index is 0.177. The summed E-state index contributed by atoms with van der Waals surface area (Å²) >= 11 is 1.50. The van der Waals surface area contributed by atoms with Crippen molar-refractivity contribution in [3.05, 3.63) is 78.1 Å². The summed E-state index contributed by atoms with van der Waals surface area (Å²) in [5.74, 6) is -0.150. The molecule has 0 N–H and O–H groups in total. The fraction of sp³-hybridized carbons (Fsp3) is 0.130. The minimum Gasteiger partial charge on any atom is -0.483 e. The van der Waals surface area contributed by atoms with Gasteiger partial charge in [-0.15, -0.1) is 11.3 Å². The first-order valence-corrected chi connectivity index (χ1v) is 10.1. The van der Waals surface area contributed by atoms with Crippen LogP contribution in [0.15, 0.2) is 72.2 Å². The fourth-order valence-electron chi connectivity index (χ4n) is 2.90. The number of benzene rings is 2. The maximum atomic E-state index is 12.8. The van der Waals surface area contributed by atoms with E-state index < -0.39 is 17.8 Å². The molecule has 0 spiro atoms. The molecular weight excluding hydrogens is 398 g/mol. The van der Waals surface area contributed by atoms with Crippen LogP contribution in [0.25, 0.3) is 10.9 Å². The fourth-order valence-corrected chi connectivity index (χ4v) is 3.49. The predicted octanol–water partition coefficient (Wildman–Crippen LogP) is 5.13. The predicted molar refractivity (Wildman–Crippen MR) is 114 cm³/mol. The lowest BCUT2D eigenvalue weighted by molar-refractivity contribution is -0.125. The summed E-state index contributed by atoms with van der Waals surface area (Å²) in [4.78, 5) is 21.4. The zero-order chi connectivity index (χ0) is 20.9. The van der Waals surface area contributed by atoms with Crippen LogP contribution in [0.1, 0.15) is 18.7 Å². The number of ether oxygens (including phenoxy) is 2. The minimum atomic E-state index is -1.11. The van der Waals surface area contributed by atoms with Crippen molar-refractivity contribution in [2.75, 3.05) is 0 Å². The van der Waals surface area contributed by atoms with E-state index in [0.29, 0.717) is 17.0 Å². The van der Waals surface area contributed by atoms with Gasteiger partial charge in [-0.25, -0.2) is 9.97 Å². The highest BCUT2D eigenvalue weighted by Gasteiger charge is 2.29. The highest BCUT2D eigenvalue weighted by Crippen LogP contribution is 2.28. The average Bonchev–Trinajstić information content (AvgIpc) is 3.28. The van der Waals surface area contributed by atoms with Crippen molar-refractivity contribution in [1.82, 2.24) is 9.97 Å². The maximum Gasteiger partial charge on any atom is 0.197 e. The Morgan fingerprint density at radius 3 is 2.57 bits per heavy atom. The molecule has 7 heteroatoms. The van der Waals surface area contributed by atoms with Crippen LogP contribution in [0.3, 0.4) is 0 Å². The molecule has 0 radical (unpaired) electrons. The summed E-state index contributed by atoms with van der Waals surface area (Å²) in [6, 6.07) is 20.2. The second-order valence-electron chi connectivity index (χ2n) is 6.52. The second kappa shape index (κ2) is 8.72. The molecule has 0 saturated heterocycles. The van der Waals surface area contributed by atoms with Gasteiger partial charge in [-0.3, -0.25) is 4.79 Å². The molecule has 0 bridgehead atoms. The molecule has 2 atom stereocenters. The van der Waals surface area contributed by atoms with Gasteiger partial charge in [0.25, 0.3) is 0 Å². The van der Waals surface area contributed by atoms with Gasteiger partial charge in [-0.1, -0.05) is 18.2 Å². The molecule has 2 aromatic heterocycles. The molecular formula is C23H17N3O3S. The van der Waals surface area contributed by atoms with Gasteiger partial charge in [-0.2, -0.15) is 5.26 Å². The number of carbonyl (C=O) groups excluding carboxylic acids is 1. The first-order chi connectivity index (χ1) is 14.6. The smallest absolute Gasteiger partial charge is 0.197 e. The first kappa shape index (κ1) is 19.6. The SMILES string of the molecule is CC(Oc1ccc(Oc2cccs2)cc1)C(=O)C(C#N)c1ncc2ccccc2n1. The molecule has 30 heavy (non-hydrogen) atoms. The van der Waals surface area contributed by atoms with E-state index in [4.69, 9.17) is 9.47 Å². The lowest BCUT2D eigenvalue weighted by Gasteiger charge is -2.16. The molecule has 4 aromatic rings. The summed E-state index contributed by atoms with van der Waals surface area (Å²) in [5.41, 5.74) is 0.686. The van der Waals surface area contributed by atoms with Crippen LogP contribution in [0.5, 0.6) is 16.6 Å². The molecule has 2 heterocycles. The van der Waals surface area contributed by atoms with E-state index in [0.717, 1.165) is 10.4 Å². The highest BCUT2D eigenvalue weighted by molar-refractivity contribution is 7.11. The van der Waals surface area contributed by atoms with Crippen LogP contribution in [0.2, 0.25) is 0 Å². The summed E-state index contributed by atoms with van der Waals surface area (Å²) in [6.45, 7) is 1.61. The Hall–Kier alpha value is -3.76. The second-order valence-corrected chi connectivity index (χ2v) is 7.43. The molecule has 0 fully saturated rings. The Balaban J connectivity index is 1.45. The Labute approximate surface area is 177 Å². The van der Waals surface area contributed by atoms with E-state index in [1.54, 1.807) is 37.4 Å². The van der Waals surface area contributed by atoms with Gasteiger partial charge < -0.3 is 9.47 Å². The van der Waals surface area contributed by atoms with Gasteiger partial charge in [-0.05, 0) is 54.8 Å². The van der Waals surface area contributed by atoms with Crippen LogP contribution in [-0.4, -0.2) is 21.9 Å². The summed E-state index contributed by atoms with van der Waals surface area (Å²) in [7, 11) is 0. The molecule has 0 aliphatic carbocycles. The molecule has 2 aromatic carbocycles. The van der Waals surface area contributed by atoms with Crippen LogP contribution in [0, 0.1) is 11.3 Å². The molecule has 0 aliphatic rings. The lowest BCUT2D eigenvalue weighted by atomic mass is 10.0. The van der Waals surface area contributed by atoms with E-state index in [2.05, 4.69) is 9.97 Å². The van der Waals surface area contributed by atoms with Crippen molar-refractivity contribution in [2.45, 2.75) is 18.9 Å². The van der Waals surface area contributed by atoms with Gasteiger partial charge in [0, 0.05) is 11.6 Å². The van der Waals surface area contributed by atoms with Crippen molar-refractivity contribution >= 4 is 28.0 Å². The van der Waals surface area contributed by atoms with Gasteiger partial charge in [0.1, 0.15) is 11.5 Å². The molecule has 2 unspecified atom stereocenters. The summed E-state index contributed by atoms with van der Waals surface area (Å²) in [6.07, 6.45) is 0.779. The van der Waals surface area contributed by atoms with Gasteiger partial charge in [0.2, 0.25) is 0 Å². The number of fused-ring (bicyclic) bond motifs is 1. The number of aromatic nitrogens is 2. The van der Waals surface area contributed by atoms with Crippen LogP contribution >= 0.6 is 11.3 Å². The molecule has 148 valence electrons. The average molecular weight is 415 g/mol. The van der Waals surface area contributed by atoms with E-state index in [9.17, 15) is 10.1 Å². The number of Topliss-reactive ketones (excluding diaryl/α,β-unsaturated/α-hetero) is 1. The van der Waals surface area contributed by atoms with Gasteiger partial charge >= 0.3 is 0 Å². The largest absolute Gasteiger partial charge is 0.483 e. The molecule has 0 saturated carbocycles. The number of nitriles is 1. The maximum absolute atomic E-state index is 12.8. The third-order valence-electron chi connectivity index (χ3n) is 4.43. The summed E-state index contributed by atoms with van der Waals surface area (Å²) < 4.78 is 11.5. The Kier molecular flexibility index (Phi) is 5.68. The zero-order valence-electron chi connectivity index (χ0n) is 16.1. The topological polar surface area (TPSA) is 85.1 Å².